The van der Waals surface area contributed by atoms with Gasteiger partial charge in [-0.3, -0.25) is 14.4 Å². The van der Waals surface area contributed by atoms with Crippen molar-refractivity contribution >= 4 is 17.8 Å². The van der Waals surface area contributed by atoms with Crippen LogP contribution in [0.25, 0.3) is 0 Å². The quantitative estimate of drug-likeness (QED) is 0.724. The monoisotopic (exact) mass is 398 g/mol. The average molecular weight is 398 g/mol. The summed E-state index contributed by atoms with van der Waals surface area (Å²) in [7, 11) is 0. The largest absolute Gasteiger partial charge is 0.459 e. The van der Waals surface area contributed by atoms with Gasteiger partial charge >= 0.3 is 5.97 Å². The zero-order chi connectivity index (χ0) is 20.6. The van der Waals surface area contributed by atoms with Crippen LogP contribution in [0.3, 0.4) is 0 Å². The maximum atomic E-state index is 12.4. The van der Waals surface area contributed by atoms with E-state index in [0.29, 0.717) is 38.2 Å². The van der Waals surface area contributed by atoms with Gasteiger partial charge in [-0.15, -0.1) is 0 Å². The molecule has 0 spiro atoms. The highest BCUT2D eigenvalue weighted by Crippen LogP contribution is 2.21. The van der Waals surface area contributed by atoms with Crippen molar-refractivity contribution in [2.45, 2.75) is 32.3 Å². The lowest BCUT2D eigenvalue weighted by Crippen LogP contribution is -2.42. The van der Waals surface area contributed by atoms with Crippen molar-refractivity contribution in [2.75, 3.05) is 19.6 Å². The number of furan rings is 1. The number of hydrogen-bond donors (Lipinski definition) is 1. The summed E-state index contributed by atoms with van der Waals surface area (Å²) in [5.41, 5.74) is 1.13. The molecular weight excluding hydrogens is 372 g/mol. The molecular formula is C22H26N2O5. The Morgan fingerprint density at radius 2 is 1.86 bits per heavy atom. The van der Waals surface area contributed by atoms with E-state index in [4.69, 9.17) is 9.15 Å². The number of likely N-dealkylation sites (tertiary alicyclic amines) is 1. The molecule has 1 saturated heterocycles. The predicted octanol–water partition coefficient (Wildman–Crippen LogP) is 2.42. The van der Waals surface area contributed by atoms with Gasteiger partial charge in [0.2, 0.25) is 0 Å². The van der Waals surface area contributed by atoms with Crippen molar-refractivity contribution < 1.29 is 23.5 Å². The number of benzene rings is 1. The number of nitrogens with zero attached hydrogens (tertiary/aromatic N) is 1. The van der Waals surface area contributed by atoms with Crippen LogP contribution >= 0.6 is 0 Å². The molecule has 0 saturated carbocycles. The molecule has 1 aromatic heterocycles. The third-order valence-corrected chi connectivity index (χ3v) is 5.07. The first-order chi connectivity index (χ1) is 14.0. The lowest BCUT2D eigenvalue weighted by molar-refractivity contribution is -0.160. The number of nitrogens with one attached hydrogen (secondary N) is 1. The SMILES string of the molecule is CC(OC(=O)C1CCN(C(=O)c2ccco2)CC1)C(=O)NCCc1ccccc1. The summed E-state index contributed by atoms with van der Waals surface area (Å²) < 4.78 is 10.5. The highest BCUT2D eigenvalue weighted by molar-refractivity contribution is 5.91. The van der Waals surface area contributed by atoms with Crippen LogP contribution in [0.4, 0.5) is 0 Å². The molecule has 0 radical (unpaired) electrons. The summed E-state index contributed by atoms with van der Waals surface area (Å²) in [6.07, 6.45) is 2.35. The first kappa shape index (κ1) is 20.6. The normalized spacial score (nSPS) is 15.6. The van der Waals surface area contributed by atoms with E-state index >= 15 is 0 Å². The van der Waals surface area contributed by atoms with E-state index in [0.717, 1.165) is 12.0 Å². The minimum Gasteiger partial charge on any atom is -0.459 e. The van der Waals surface area contributed by atoms with E-state index in [-0.39, 0.29) is 23.7 Å². The maximum absolute atomic E-state index is 12.4. The first-order valence-corrected chi connectivity index (χ1v) is 9.89. The molecule has 7 nitrogen and oxygen atoms in total. The van der Waals surface area contributed by atoms with Crippen LogP contribution in [-0.4, -0.2) is 48.4 Å². The Morgan fingerprint density at radius 3 is 2.52 bits per heavy atom. The van der Waals surface area contributed by atoms with Crippen molar-refractivity contribution in [3.8, 4) is 0 Å². The Balaban J connectivity index is 1.38. The molecule has 1 atom stereocenters. The second-order valence-corrected chi connectivity index (χ2v) is 7.15. The summed E-state index contributed by atoms with van der Waals surface area (Å²) in [5, 5.41) is 2.80. The van der Waals surface area contributed by atoms with E-state index in [1.165, 1.54) is 6.26 Å². The molecule has 1 aliphatic heterocycles. The van der Waals surface area contributed by atoms with Gasteiger partial charge in [0, 0.05) is 19.6 Å². The number of amides is 2. The van der Waals surface area contributed by atoms with E-state index in [9.17, 15) is 14.4 Å². The van der Waals surface area contributed by atoms with Crippen LogP contribution in [0, 0.1) is 5.92 Å². The minimum atomic E-state index is -0.846. The number of piperidine rings is 1. The highest BCUT2D eigenvalue weighted by atomic mass is 16.5. The van der Waals surface area contributed by atoms with Crippen molar-refractivity contribution in [2.24, 2.45) is 5.92 Å². The second kappa shape index (κ2) is 9.91. The predicted molar refractivity (Wildman–Crippen MR) is 106 cm³/mol. The summed E-state index contributed by atoms with van der Waals surface area (Å²) in [4.78, 5) is 38.5. The fourth-order valence-electron chi connectivity index (χ4n) is 3.32. The van der Waals surface area contributed by atoms with Crippen molar-refractivity contribution in [1.82, 2.24) is 10.2 Å². The zero-order valence-corrected chi connectivity index (χ0v) is 16.5. The smallest absolute Gasteiger partial charge is 0.309 e. The Hall–Kier alpha value is -3.09. The fourth-order valence-corrected chi connectivity index (χ4v) is 3.32. The molecule has 3 rings (SSSR count). The Morgan fingerprint density at radius 1 is 1.14 bits per heavy atom. The highest BCUT2D eigenvalue weighted by Gasteiger charge is 2.31. The standard InChI is InChI=1S/C22H26N2O5/c1-16(20(25)23-12-9-17-6-3-2-4-7-17)29-22(27)18-10-13-24(14-11-18)21(26)19-8-5-15-28-19/h2-8,15-16,18H,9-14H2,1H3,(H,23,25). The van der Waals surface area contributed by atoms with Gasteiger partial charge in [-0.05, 0) is 43.9 Å². The van der Waals surface area contributed by atoms with E-state index in [1.807, 2.05) is 30.3 Å². The van der Waals surface area contributed by atoms with Gasteiger partial charge in [0.1, 0.15) is 0 Å². The molecule has 1 unspecified atom stereocenters. The van der Waals surface area contributed by atoms with Crippen molar-refractivity contribution in [3.05, 3.63) is 60.1 Å². The number of carbonyl (C=O) groups excluding carboxylic acids is 3. The first-order valence-electron chi connectivity index (χ1n) is 9.89. The molecule has 1 aliphatic rings. The van der Waals surface area contributed by atoms with Crippen molar-refractivity contribution in [3.63, 3.8) is 0 Å². The Labute approximate surface area is 170 Å². The Kier molecular flexibility index (Phi) is 7.05. The van der Waals surface area contributed by atoms with Gasteiger partial charge < -0.3 is 19.4 Å². The lowest BCUT2D eigenvalue weighted by Gasteiger charge is -2.30. The van der Waals surface area contributed by atoms with Crippen LogP contribution in [0.2, 0.25) is 0 Å². The van der Waals surface area contributed by atoms with Crippen LogP contribution in [-0.2, 0) is 20.7 Å². The molecule has 29 heavy (non-hydrogen) atoms. The zero-order valence-electron chi connectivity index (χ0n) is 16.5. The lowest BCUT2D eigenvalue weighted by atomic mass is 9.97. The number of ether oxygens (including phenoxy) is 1. The molecule has 1 fully saturated rings. The molecule has 2 heterocycles. The van der Waals surface area contributed by atoms with Gasteiger partial charge in [-0.1, -0.05) is 30.3 Å². The molecule has 0 bridgehead atoms. The van der Waals surface area contributed by atoms with E-state index in [2.05, 4.69) is 5.32 Å². The van der Waals surface area contributed by atoms with E-state index < -0.39 is 6.10 Å². The van der Waals surface area contributed by atoms with Crippen LogP contribution < -0.4 is 5.32 Å². The Bertz CT molecular complexity index is 811. The van der Waals surface area contributed by atoms with E-state index in [1.54, 1.807) is 24.0 Å². The molecule has 1 N–H and O–H groups in total. The van der Waals surface area contributed by atoms with Gasteiger partial charge in [0.25, 0.3) is 11.8 Å². The number of carbonyl (C=O) groups is 3. The fraction of sp³-hybridized carbons (Fsp3) is 0.409. The summed E-state index contributed by atoms with van der Waals surface area (Å²) >= 11 is 0. The van der Waals surface area contributed by atoms with Gasteiger partial charge in [-0.25, -0.2) is 0 Å². The van der Waals surface area contributed by atoms with Crippen LogP contribution in [0.5, 0.6) is 0 Å². The summed E-state index contributed by atoms with van der Waals surface area (Å²) in [6, 6.07) is 13.1. The topological polar surface area (TPSA) is 88.8 Å². The van der Waals surface area contributed by atoms with Gasteiger partial charge in [-0.2, -0.15) is 0 Å². The summed E-state index contributed by atoms with van der Waals surface area (Å²) in [5.74, 6) is -0.879. The molecule has 7 heteroatoms. The molecule has 2 amide bonds. The van der Waals surface area contributed by atoms with Crippen LogP contribution in [0.1, 0.15) is 35.9 Å². The molecule has 2 aromatic rings. The van der Waals surface area contributed by atoms with Crippen LogP contribution in [0.15, 0.2) is 53.1 Å². The molecule has 1 aromatic carbocycles. The summed E-state index contributed by atoms with van der Waals surface area (Å²) in [6.45, 7) is 2.97. The molecule has 154 valence electrons. The van der Waals surface area contributed by atoms with Crippen molar-refractivity contribution in [1.29, 1.82) is 0 Å². The number of esters is 1. The third kappa shape index (κ3) is 5.70. The number of hydrogen-bond acceptors (Lipinski definition) is 5. The number of rotatable bonds is 7. The third-order valence-electron chi connectivity index (χ3n) is 5.07. The van der Waals surface area contributed by atoms with Gasteiger partial charge in [0.15, 0.2) is 11.9 Å². The average Bonchev–Trinajstić information content (AvgIpc) is 3.29. The van der Waals surface area contributed by atoms with Gasteiger partial charge in [0.05, 0.1) is 12.2 Å². The maximum Gasteiger partial charge on any atom is 0.309 e. The molecule has 0 aliphatic carbocycles. The minimum absolute atomic E-state index is 0.173. The second-order valence-electron chi connectivity index (χ2n) is 7.15.